The van der Waals surface area contributed by atoms with Gasteiger partial charge in [0.05, 0.1) is 12.6 Å². The van der Waals surface area contributed by atoms with Crippen LogP contribution in [0.1, 0.15) is 33.0 Å². The first-order valence-corrected chi connectivity index (χ1v) is 6.20. The lowest BCUT2D eigenvalue weighted by Gasteiger charge is -2.13. The first kappa shape index (κ1) is 13.7. The number of rotatable bonds is 7. The summed E-state index contributed by atoms with van der Waals surface area (Å²) in [6, 6.07) is -0.191. The van der Waals surface area contributed by atoms with E-state index >= 15 is 0 Å². The van der Waals surface area contributed by atoms with Crippen molar-refractivity contribution in [2.24, 2.45) is 0 Å². The highest BCUT2D eigenvalue weighted by molar-refractivity contribution is 5.81. The van der Waals surface area contributed by atoms with E-state index in [1.807, 2.05) is 20.0 Å². The highest BCUT2D eigenvalue weighted by Crippen LogP contribution is 1.97. The van der Waals surface area contributed by atoms with Crippen molar-refractivity contribution < 1.29 is 4.79 Å². The molecule has 0 spiro atoms. The molecule has 1 aromatic rings. The Labute approximate surface area is 103 Å². The Morgan fingerprint density at radius 2 is 2.29 bits per heavy atom. The Morgan fingerprint density at radius 1 is 1.53 bits per heavy atom. The zero-order chi connectivity index (χ0) is 12.7. The third kappa shape index (κ3) is 4.19. The Kier molecular flexibility index (Phi) is 5.69. The fourth-order valence-corrected chi connectivity index (χ4v) is 1.53. The van der Waals surface area contributed by atoms with Crippen molar-refractivity contribution in [2.75, 3.05) is 6.54 Å². The first-order chi connectivity index (χ1) is 8.19. The molecule has 0 saturated carbocycles. The summed E-state index contributed by atoms with van der Waals surface area (Å²) in [5.74, 6) is 1.00. The molecule has 1 atom stereocenters. The number of hydrogen-bond donors (Lipinski definition) is 2. The van der Waals surface area contributed by atoms with E-state index in [2.05, 4.69) is 27.1 Å². The molecule has 0 fully saturated rings. The summed E-state index contributed by atoms with van der Waals surface area (Å²) in [6.45, 7) is 8.21. The third-order valence-electron chi connectivity index (χ3n) is 2.65. The molecule has 96 valence electrons. The van der Waals surface area contributed by atoms with Crippen molar-refractivity contribution in [3.8, 4) is 0 Å². The highest BCUT2D eigenvalue weighted by Gasteiger charge is 2.12. The van der Waals surface area contributed by atoms with Crippen LogP contribution >= 0.6 is 0 Å². The Balaban J connectivity index is 2.37. The van der Waals surface area contributed by atoms with Gasteiger partial charge >= 0.3 is 0 Å². The minimum atomic E-state index is -0.191. The van der Waals surface area contributed by atoms with Gasteiger partial charge in [-0.1, -0.05) is 6.92 Å². The molecule has 0 bridgehead atoms. The van der Waals surface area contributed by atoms with E-state index < -0.39 is 0 Å². The fraction of sp³-hybridized carbons (Fsp3) is 0.667. The van der Waals surface area contributed by atoms with Crippen molar-refractivity contribution in [3.63, 3.8) is 0 Å². The number of carbonyl (C=O) groups is 1. The lowest BCUT2D eigenvalue weighted by molar-refractivity contribution is -0.122. The second-order valence-electron chi connectivity index (χ2n) is 4.02. The van der Waals surface area contributed by atoms with Crippen molar-refractivity contribution in [1.82, 2.24) is 20.2 Å². The molecule has 2 N–H and O–H groups in total. The molecular formula is C12H22N4O. The van der Waals surface area contributed by atoms with Crippen molar-refractivity contribution >= 4 is 5.91 Å². The smallest absolute Gasteiger partial charge is 0.236 e. The Hall–Kier alpha value is -1.36. The molecule has 1 aromatic heterocycles. The zero-order valence-electron chi connectivity index (χ0n) is 10.9. The molecule has 5 nitrogen and oxygen atoms in total. The van der Waals surface area contributed by atoms with Gasteiger partial charge in [-0.2, -0.15) is 0 Å². The van der Waals surface area contributed by atoms with E-state index in [-0.39, 0.29) is 11.9 Å². The van der Waals surface area contributed by atoms with Gasteiger partial charge in [-0.05, 0) is 20.3 Å². The summed E-state index contributed by atoms with van der Waals surface area (Å²) in [5, 5.41) is 6.04. The van der Waals surface area contributed by atoms with Crippen LogP contribution < -0.4 is 10.6 Å². The molecule has 17 heavy (non-hydrogen) atoms. The van der Waals surface area contributed by atoms with Gasteiger partial charge in [-0.3, -0.25) is 10.1 Å². The number of nitrogens with one attached hydrogen (secondary N) is 2. The predicted octanol–water partition coefficient (Wildman–Crippen LogP) is 0.907. The van der Waals surface area contributed by atoms with Crippen LogP contribution in [0.5, 0.6) is 0 Å². The summed E-state index contributed by atoms with van der Waals surface area (Å²) >= 11 is 0. The van der Waals surface area contributed by atoms with E-state index in [4.69, 9.17) is 0 Å². The molecule has 1 rings (SSSR count). The molecule has 0 saturated heterocycles. The van der Waals surface area contributed by atoms with Crippen LogP contribution in [-0.2, 0) is 17.9 Å². The van der Waals surface area contributed by atoms with Crippen molar-refractivity contribution in [2.45, 2.75) is 46.3 Å². The van der Waals surface area contributed by atoms with E-state index in [9.17, 15) is 4.79 Å². The fourth-order valence-electron chi connectivity index (χ4n) is 1.53. The number of nitrogens with zero attached hydrogens (tertiary/aromatic N) is 2. The average molecular weight is 238 g/mol. The Bertz CT molecular complexity index is 348. The molecule has 0 radical (unpaired) electrons. The molecule has 1 unspecified atom stereocenters. The van der Waals surface area contributed by atoms with Gasteiger partial charge in [-0.25, -0.2) is 4.98 Å². The largest absolute Gasteiger partial charge is 0.355 e. The molecule has 1 amide bonds. The average Bonchev–Trinajstić information content (AvgIpc) is 2.80. The van der Waals surface area contributed by atoms with E-state index in [0.29, 0.717) is 6.54 Å². The number of aryl methyl sites for hydroxylation is 1. The molecular weight excluding hydrogens is 216 g/mol. The van der Waals surface area contributed by atoms with Crippen molar-refractivity contribution in [3.05, 3.63) is 18.2 Å². The normalized spacial score (nSPS) is 12.4. The van der Waals surface area contributed by atoms with E-state index in [0.717, 1.165) is 25.3 Å². The molecule has 5 heteroatoms. The lowest BCUT2D eigenvalue weighted by atomic mass is 10.3. The van der Waals surface area contributed by atoms with E-state index in [1.54, 1.807) is 6.20 Å². The minimum absolute atomic E-state index is 0.0430. The number of aromatic nitrogens is 2. The van der Waals surface area contributed by atoms with Crippen LogP contribution in [0.25, 0.3) is 0 Å². The Morgan fingerprint density at radius 3 is 2.94 bits per heavy atom. The van der Waals surface area contributed by atoms with Gasteiger partial charge in [0.15, 0.2) is 0 Å². The quantitative estimate of drug-likeness (QED) is 0.742. The number of amides is 1. The van der Waals surface area contributed by atoms with Gasteiger partial charge in [0.2, 0.25) is 5.91 Å². The summed E-state index contributed by atoms with van der Waals surface area (Å²) in [7, 11) is 0. The summed E-state index contributed by atoms with van der Waals surface area (Å²) in [4.78, 5) is 15.9. The summed E-state index contributed by atoms with van der Waals surface area (Å²) < 4.78 is 2.06. The second kappa shape index (κ2) is 7.06. The van der Waals surface area contributed by atoms with Crippen LogP contribution in [0.4, 0.5) is 0 Å². The molecule has 0 aliphatic rings. The van der Waals surface area contributed by atoms with Crippen LogP contribution in [0, 0.1) is 0 Å². The van der Waals surface area contributed by atoms with Gasteiger partial charge in [0.25, 0.3) is 0 Å². The standard InChI is InChI=1S/C12H22N4O/c1-4-6-14-12(17)10(3)15-9-11-13-7-8-16(11)5-2/h7-8,10,15H,4-6,9H2,1-3H3,(H,14,17). The SMILES string of the molecule is CCCNC(=O)C(C)NCc1nccn1CC. The van der Waals surface area contributed by atoms with Crippen LogP contribution in [0.3, 0.4) is 0 Å². The monoisotopic (exact) mass is 238 g/mol. The minimum Gasteiger partial charge on any atom is -0.355 e. The summed E-state index contributed by atoms with van der Waals surface area (Å²) in [5.41, 5.74) is 0. The summed E-state index contributed by atoms with van der Waals surface area (Å²) in [6.07, 6.45) is 4.68. The topological polar surface area (TPSA) is 59.0 Å². The van der Waals surface area contributed by atoms with Crippen LogP contribution in [-0.4, -0.2) is 28.0 Å². The molecule has 1 heterocycles. The van der Waals surface area contributed by atoms with Gasteiger partial charge < -0.3 is 9.88 Å². The number of carbonyl (C=O) groups excluding carboxylic acids is 1. The molecule has 0 aliphatic carbocycles. The molecule has 0 aromatic carbocycles. The van der Waals surface area contributed by atoms with Gasteiger partial charge in [-0.15, -0.1) is 0 Å². The maximum absolute atomic E-state index is 11.6. The van der Waals surface area contributed by atoms with E-state index in [1.165, 1.54) is 0 Å². The van der Waals surface area contributed by atoms with Crippen molar-refractivity contribution in [1.29, 1.82) is 0 Å². The maximum Gasteiger partial charge on any atom is 0.236 e. The first-order valence-electron chi connectivity index (χ1n) is 6.20. The second-order valence-corrected chi connectivity index (χ2v) is 4.02. The predicted molar refractivity (Wildman–Crippen MR) is 67.5 cm³/mol. The van der Waals surface area contributed by atoms with Gasteiger partial charge in [0, 0.05) is 25.5 Å². The zero-order valence-corrected chi connectivity index (χ0v) is 10.9. The highest BCUT2D eigenvalue weighted by atomic mass is 16.2. The maximum atomic E-state index is 11.6. The third-order valence-corrected chi connectivity index (χ3v) is 2.65. The number of imidazole rings is 1. The van der Waals surface area contributed by atoms with Gasteiger partial charge in [0.1, 0.15) is 5.82 Å². The van der Waals surface area contributed by atoms with Crippen LogP contribution in [0.2, 0.25) is 0 Å². The van der Waals surface area contributed by atoms with Crippen LogP contribution in [0.15, 0.2) is 12.4 Å². The lowest BCUT2D eigenvalue weighted by Crippen LogP contribution is -2.42. The number of hydrogen-bond acceptors (Lipinski definition) is 3. The molecule has 0 aliphatic heterocycles.